The summed E-state index contributed by atoms with van der Waals surface area (Å²) in [6, 6.07) is 9.26. The Balaban J connectivity index is 1.96. The quantitative estimate of drug-likeness (QED) is 0.0752. The van der Waals surface area contributed by atoms with Crippen LogP contribution in [0.3, 0.4) is 0 Å². The minimum absolute atomic E-state index is 0.175. The lowest BCUT2D eigenvalue weighted by Gasteiger charge is -2.48. The fourth-order valence-electron chi connectivity index (χ4n) is 6.24. The van der Waals surface area contributed by atoms with Gasteiger partial charge in [0.15, 0.2) is 6.10 Å². The van der Waals surface area contributed by atoms with Crippen molar-refractivity contribution in [1.29, 1.82) is 0 Å². The number of carbonyl (C=O) groups is 4. The van der Waals surface area contributed by atoms with Crippen LogP contribution in [0.2, 0.25) is 0 Å². The van der Waals surface area contributed by atoms with Crippen molar-refractivity contribution in [1.82, 2.24) is 0 Å². The molecule has 2 aliphatic rings. The number of rotatable bonds is 16. The van der Waals surface area contributed by atoms with E-state index >= 15 is 0 Å². The number of esters is 1. The number of hydrogen-bond donors (Lipinski definition) is 7. The molecule has 1 aromatic carbocycles. The van der Waals surface area contributed by atoms with Gasteiger partial charge in [0.1, 0.15) is 6.10 Å². The topological polar surface area (TPSA) is 238 Å². The molecule has 3 rings (SSSR count). The lowest BCUT2D eigenvalue weighted by molar-refractivity contribution is -0.374. The number of carbonyl (C=O) groups excluding carboxylic acids is 1. The second-order valence-corrected chi connectivity index (χ2v) is 12.8. The Morgan fingerprint density at radius 3 is 2.26 bits per heavy atom. The van der Waals surface area contributed by atoms with E-state index in [0.29, 0.717) is 12.8 Å². The van der Waals surface area contributed by atoms with E-state index < -0.39 is 83.2 Å². The van der Waals surface area contributed by atoms with E-state index in [1.165, 1.54) is 6.08 Å². The molecule has 2 bridgehead atoms. The van der Waals surface area contributed by atoms with Crippen molar-refractivity contribution in [3.63, 3.8) is 0 Å². The minimum Gasteiger partial charge on any atom is -0.479 e. The Bertz CT molecular complexity index is 1370. The van der Waals surface area contributed by atoms with Gasteiger partial charge in [0.2, 0.25) is 23.1 Å². The van der Waals surface area contributed by atoms with Crippen LogP contribution in [0.15, 0.2) is 54.6 Å². The molecule has 47 heavy (non-hydrogen) atoms. The molecule has 0 spiro atoms. The van der Waals surface area contributed by atoms with E-state index in [1.807, 2.05) is 30.3 Å². The molecule has 0 aromatic heterocycles. The fraction of sp³-hybridized carbons (Fsp3) is 0.576. The highest BCUT2D eigenvalue weighted by atomic mass is 16.8. The molecular weight excluding hydrogens is 620 g/mol. The van der Waals surface area contributed by atoms with Crippen LogP contribution >= 0.6 is 0 Å². The van der Waals surface area contributed by atoms with Crippen molar-refractivity contribution in [3.8, 4) is 0 Å². The maximum absolute atomic E-state index is 13.0. The zero-order valence-electron chi connectivity index (χ0n) is 26.7. The Hall–Kier alpha value is -3.66. The number of carboxylic acids is 3. The van der Waals surface area contributed by atoms with Crippen molar-refractivity contribution in [2.24, 2.45) is 11.8 Å². The number of aliphatic carboxylic acids is 3. The van der Waals surface area contributed by atoms with Crippen molar-refractivity contribution in [3.05, 3.63) is 60.2 Å². The van der Waals surface area contributed by atoms with Crippen LogP contribution in [-0.4, -0.2) is 107 Å². The summed E-state index contributed by atoms with van der Waals surface area (Å²) in [5.74, 6) is -11.4. The Kier molecular flexibility index (Phi) is 11.4. The number of aliphatic hydroxyl groups excluding tert-OH is 2. The van der Waals surface area contributed by atoms with Crippen LogP contribution in [0.5, 0.6) is 0 Å². The first kappa shape index (κ1) is 37.8. The molecule has 1 aromatic rings. The van der Waals surface area contributed by atoms with Gasteiger partial charge in [-0.3, -0.25) is 0 Å². The van der Waals surface area contributed by atoms with E-state index in [4.69, 9.17) is 14.2 Å². The number of benzene rings is 1. The van der Waals surface area contributed by atoms with Crippen LogP contribution in [-0.2, 0) is 39.8 Å². The van der Waals surface area contributed by atoms with Crippen LogP contribution in [0, 0.1) is 11.8 Å². The molecule has 2 heterocycles. The van der Waals surface area contributed by atoms with Crippen LogP contribution in [0.25, 0.3) is 0 Å². The Morgan fingerprint density at radius 2 is 1.72 bits per heavy atom. The van der Waals surface area contributed by atoms with Crippen molar-refractivity contribution < 1.29 is 69.1 Å². The van der Waals surface area contributed by atoms with Gasteiger partial charge in [0.05, 0.1) is 11.7 Å². The zero-order chi connectivity index (χ0) is 35.5. The molecule has 14 nitrogen and oxygen atoms in total. The Morgan fingerprint density at radius 1 is 1.11 bits per heavy atom. The third-order valence-corrected chi connectivity index (χ3v) is 9.08. The lowest BCUT2D eigenvalue weighted by Crippen LogP contribution is -2.78. The van der Waals surface area contributed by atoms with Gasteiger partial charge in [-0.2, -0.15) is 0 Å². The number of fused-ring (bicyclic) bond motifs is 2. The number of hydrogen-bond acceptors (Lipinski definition) is 11. The molecule has 0 radical (unpaired) electrons. The fourth-order valence-corrected chi connectivity index (χ4v) is 6.24. The number of ether oxygens (including phenoxy) is 3. The second-order valence-electron chi connectivity index (χ2n) is 12.8. The lowest BCUT2D eigenvalue weighted by atomic mass is 9.74. The molecule has 2 saturated heterocycles. The second kappa shape index (κ2) is 14.2. The van der Waals surface area contributed by atoms with Gasteiger partial charge in [0.25, 0.3) is 0 Å². The summed E-state index contributed by atoms with van der Waals surface area (Å²) in [5, 5.41) is 74.4. The first-order valence-electron chi connectivity index (χ1n) is 15.3. The van der Waals surface area contributed by atoms with E-state index in [1.54, 1.807) is 27.7 Å². The van der Waals surface area contributed by atoms with Crippen LogP contribution < -0.4 is 0 Å². The molecule has 10 atom stereocenters. The number of aliphatic hydroxyl groups is 4. The maximum Gasteiger partial charge on any atom is 0.344 e. The van der Waals surface area contributed by atoms with Crippen molar-refractivity contribution in [2.45, 2.75) is 107 Å². The predicted octanol–water partition coefficient (Wildman–Crippen LogP) is 1.43. The number of carboxylic acid groups (broad SMARTS) is 3. The largest absolute Gasteiger partial charge is 0.479 e. The molecule has 1 unspecified atom stereocenters. The van der Waals surface area contributed by atoms with Gasteiger partial charge in [0, 0.05) is 12.5 Å². The van der Waals surface area contributed by atoms with Crippen LogP contribution in [0.1, 0.15) is 58.9 Å². The van der Waals surface area contributed by atoms with E-state index in [0.717, 1.165) is 11.6 Å². The van der Waals surface area contributed by atoms with E-state index in [9.17, 15) is 54.9 Å². The molecule has 2 fully saturated rings. The van der Waals surface area contributed by atoms with Gasteiger partial charge < -0.3 is 50.0 Å². The molecule has 2 aliphatic heterocycles. The van der Waals surface area contributed by atoms with Crippen molar-refractivity contribution in [2.75, 3.05) is 0 Å². The third-order valence-electron chi connectivity index (χ3n) is 9.08. The predicted molar refractivity (Wildman–Crippen MR) is 163 cm³/mol. The monoisotopic (exact) mass is 664 g/mol. The molecule has 0 aliphatic carbocycles. The first-order chi connectivity index (χ1) is 21.8. The first-order valence-corrected chi connectivity index (χ1v) is 15.3. The summed E-state index contributed by atoms with van der Waals surface area (Å²) in [4.78, 5) is 50.5. The smallest absolute Gasteiger partial charge is 0.344 e. The molecule has 14 heteroatoms. The summed E-state index contributed by atoms with van der Waals surface area (Å²) < 4.78 is 16.3. The van der Waals surface area contributed by atoms with E-state index in [2.05, 4.69) is 6.58 Å². The minimum atomic E-state index is -3.91. The summed E-state index contributed by atoms with van der Waals surface area (Å²) in [6.45, 7) is 10.7. The van der Waals surface area contributed by atoms with Crippen molar-refractivity contribution >= 4 is 23.9 Å². The SMILES string of the molecule is C=C(CC[C@]12O[C@H](C(=O)O)[C@@](O)(C(=O)O)[C@](C(=O)O)(O1)[C@H](OC(=O)/C=C/[C@@H](C)CC(C)(O)CC)[C@H]2O)[C@@H](O)[C@H](C)Cc1ccccc1. The summed E-state index contributed by atoms with van der Waals surface area (Å²) in [7, 11) is 0. The average Bonchev–Trinajstić information content (AvgIpc) is 3.22. The molecule has 0 amide bonds. The molecule has 7 N–H and O–H groups in total. The van der Waals surface area contributed by atoms with Crippen LogP contribution in [0.4, 0.5) is 0 Å². The molecule has 260 valence electrons. The molecular formula is C33H44O14. The normalized spacial score (nSPS) is 31.8. The van der Waals surface area contributed by atoms with Gasteiger partial charge in [-0.25, -0.2) is 19.2 Å². The maximum atomic E-state index is 13.0. The van der Waals surface area contributed by atoms with Gasteiger partial charge in [-0.1, -0.05) is 63.8 Å². The van der Waals surface area contributed by atoms with Gasteiger partial charge in [-0.15, -0.1) is 0 Å². The number of allylic oxidation sites excluding steroid dienone is 1. The Labute approximate surface area is 271 Å². The average molecular weight is 665 g/mol. The highest BCUT2D eigenvalue weighted by molar-refractivity contribution is 5.98. The standard InChI is InChI=1S/C33H44O14/c1-6-30(5,43)17-18(2)12-13-22(34)45-25-24(36)31(15-14-19(3)23(35)20(4)16-21-10-8-7-9-11-21)46-26(27(37)38)32(44,28(39)40)33(25,47-31)29(41)42/h7-13,18,20,23-26,35-36,43-44H,3,6,14-17H2,1-2,4-5H3,(H,37,38)(H,39,40)(H,41,42)/b13-12+/t18-,20-,23-,24-,25-,26-,30?,31+,32-,33+/m1/s1. The third kappa shape index (κ3) is 7.27. The van der Waals surface area contributed by atoms with Gasteiger partial charge in [-0.05, 0) is 55.6 Å². The summed E-state index contributed by atoms with van der Waals surface area (Å²) >= 11 is 0. The molecule has 0 saturated carbocycles. The van der Waals surface area contributed by atoms with E-state index in [-0.39, 0.29) is 24.3 Å². The summed E-state index contributed by atoms with van der Waals surface area (Å²) in [6.07, 6.45) is -6.29. The highest BCUT2D eigenvalue weighted by Gasteiger charge is 2.85. The van der Waals surface area contributed by atoms with Gasteiger partial charge >= 0.3 is 23.9 Å². The zero-order valence-corrected chi connectivity index (χ0v) is 26.7. The highest BCUT2D eigenvalue weighted by Crippen LogP contribution is 2.55. The summed E-state index contributed by atoms with van der Waals surface area (Å²) in [5.41, 5.74) is -7.43.